The van der Waals surface area contributed by atoms with E-state index >= 15 is 0 Å². The molecule has 1 aliphatic carbocycles. The van der Waals surface area contributed by atoms with Crippen LogP contribution in [0.2, 0.25) is 0 Å². The van der Waals surface area contributed by atoms with Crippen LogP contribution in [0.15, 0.2) is 24.3 Å². The van der Waals surface area contributed by atoms with Crippen LogP contribution in [0, 0.1) is 5.92 Å². The summed E-state index contributed by atoms with van der Waals surface area (Å²) < 4.78 is 1.96. The van der Waals surface area contributed by atoms with E-state index in [0.717, 1.165) is 42.5 Å². The molecule has 134 valence electrons. The number of ketones is 1. The van der Waals surface area contributed by atoms with Crippen LogP contribution in [0.25, 0.3) is 11.0 Å². The molecule has 5 heteroatoms. The summed E-state index contributed by atoms with van der Waals surface area (Å²) in [6.07, 6.45) is 5.43. The number of benzene rings is 1. The maximum Gasteiger partial charge on any atom is 0.223 e. The first-order valence-corrected chi connectivity index (χ1v) is 9.26. The van der Waals surface area contributed by atoms with E-state index in [2.05, 4.69) is 5.32 Å². The average molecular weight is 341 g/mol. The predicted molar refractivity (Wildman–Crippen MR) is 98.3 cm³/mol. The summed E-state index contributed by atoms with van der Waals surface area (Å²) in [5.74, 6) is 1.05. The molecule has 1 amide bonds. The molecule has 2 aromatic rings. The quantitative estimate of drug-likeness (QED) is 0.896. The molecule has 0 bridgehead atoms. The van der Waals surface area contributed by atoms with Crippen molar-refractivity contribution in [3.8, 4) is 0 Å². The molecule has 0 aliphatic heterocycles. The summed E-state index contributed by atoms with van der Waals surface area (Å²) in [6.45, 7) is 5.43. The number of nitrogens with zero attached hydrogens (tertiary/aromatic N) is 2. The smallest absolute Gasteiger partial charge is 0.223 e. The van der Waals surface area contributed by atoms with Crippen molar-refractivity contribution in [2.24, 2.45) is 5.92 Å². The number of amides is 1. The lowest BCUT2D eigenvalue weighted by Crippen LogP contribution is -2.35. The molecule has 1 aliphatic rings. The molecule has 3 rings (SSSR count). The van der Waals surface area contributed by atoms with Gasteiger partial charge in [0.05, 0.1) is 23.1 Å². The third-order valence-electron chi connectivity index (χ3n) is 5.32. The van der Waals surface area contributed by atoms with E-state index < -0.39 is 0 Å². The number of carbonyl (C=O) groups is 2. The van der Waals surface area contributed by atoms with Gasteiger partial charge in [0.15, 0.2) is 5.78 Å². The number of Topliss-reactive ketones (excluding diaryl/α,β-unsaturated/α-hetero) is 1. The molecule has 25 heavy (non-hydrogen) atoms. The Morgan fingerprint density at radius 1 is 1.16 bits per heavy atom. The number of nitrogens with one attached hydrogen (secondary N) is 1. The fourth-order valence-corrected chi connectivity index (χ4v) is 3.72. The minimum atomic E-state index is -0.309. The summed E-state index contributed by atoms with van der Waals surface area (Å²) in [5, 5.41) is 3.13. The lowest BCUT2D eigenvalue weighted by atomic mass is 9.88. The van der Waals surface area contributed by atoms with Crippen LogP contribution >= 0.6 is 0 Å². The normalized spacial score (nSPS) is 18.0. The molecular formula is C20H27N3O2. The zero-order chi connectivity index (χ0) is 18.0. The Morgan fingerprint density at radius 3 is 2.52 bits per heavy atom. The van der Waals surface area contributed by atoms with Gasteiger partial charge in [-0.05, 0) is 45.7 Å². The molecule has 2 unspecified atom stereocenters. The number of hydrogen-bond donors (Lipinski definition) is 1. The third-order valence-corrected chi connectivity index (χ3v) is 5.32. The number of hydrogen-bond acceptors (Lipinski definition) is 3. The van der Waals surface area contributed by atoms with Gasteiger partial charge in [0.25, 0.3) is 0 Å². The Balaban J connectivity index is 1.89. The van der Waals surface area contributed by atoms with Gasteiger partial charge >= 0.3 is 0 Å². The van der Waals surface area contributed by atoms with E-state index in [1.807, 2.05) is 42.7 Å². The molecule has 1 N–H and O–H groups in total. The highest BCUT2D eigenvalue weighted by Crippen LogP contribution is 2.27. The summed E-state index contributed by atoms with van der Waals surface area (Å²) in [4.78, 5) is 29.3. The molecule has 5 nitrogen and oxygen atoms in total. The van der Waals surface area contributed by atoms with Gasteiger partial charge in [0.2, 0.25) is 5.91 Å². The predicted octanol–water partition coefficient (Wildman–Crippen LogP) is 3.94. The zero-order valence-electron chi connectivity index (χ0n) is 15.3. The fourth-order valence-electron chi connectivity index (χ4n) is 3.72. The van der Waals surface area contributed by atoms with Crippen LogP contribution in [-0.4, -0.2) is 21.2 Å². The van der Waals surface area contributed by atoms with Gasteiger partial charge < -0.3 is 9.88 Å². The minimum absolute atomic E-state index is 0.0789. The molecule has 0 radical (unpaired) electrons. The van der Waals surface area contributed by atoms with Crippen LogP contribution < -0.4 is 5.32 Å². The second kappa shape index (κ2) is 7.38. The molecule has 2 atom stereocenters. The van der Waals surface area contributed by atoms with Crippen molar-refractivity contribution >= 4 is 22.7 Å². The maximum absolute atomic E-state index is 12.6. The van der Waals surface area contributed by atoms with Crippen molar-refractivity contribution in [2.45, 2.75) is 65.0 Å². The Morgan fingerprint density at radius 2 is 1.84 bits per heavy atom. The van der Waals surface area contributed by atoms with Crippen molar-refractivity contribution < 1.29 is 9.59 Å². The molecule has 1 heterocycles. The molecule has 1 fully saturated rings. The van der Waals surface area contributed by atoms with Crippen molar-refractivity contribution in [1.82, 2.24) is 14.9 Å². The second-order valence-electron chi connectivity index (χ2n) is 7.18. The molecule has 0 saturated heterocycles. The highest BCUT2D eigenvalue weighted by Gasteiger charge is 2.26. The average Bonchev–Trinajstić information content (AvgIpc) is 3.01. The van der Waals surface area contributed by atoms with E-state index in [-0.39, 0.29) is 29.7 Å². The van der Waals surface area contributed by atoms with Gasteiger partial charge in [0, 0.05) is 5.92 Å². The van der Waals surface area contributed by atoms with E-state index in [4.69, 9.17) is 4.98 Å². The Labute approximate surface area is 148 Å². The monoisotopic (exact) mass is 341 g/mol. The number of aromatic nitrogens is 2. The minimum Gasteiger partial charge on any atom is -0.346 e. The fraction of sp³-hybridized carbons (Fsp3) is 0.550. The van der Waals surface area contributed by atoms with E-state index in [9.17, 15) is 9.59 Å². The van der Waals surface area contributed by atoms with Gasteiger partial charge in [-0.15, -0.1) is 0 Å². The van der Waals surface area contributed by atoms with Gasteiger partial charge in [-0.3, -0.25) is 9.59 Å². The number of imidazole rings is 1. The molecular weight excluding hydrogens is 314 g/mol. The van der Waals surface area contributed by atoms with Gasteiger partial charge in [-0.25, -0.2) is 4.98 Å². The van der Waals surface area contributed by atoms with Crippen LogP contribution in [0.5, 0.6) is 0 Å². The van der Waals surface area contributed by atoms with E-state index in [0.29, 0.717) is 0 Å². The summed E-state index contributed by atoms with van der Waals surface area (Å²) in [5.41, 5.74) is 1.78. The first kappa shape index (κ1) is 17.6. The number of carbonyl (C=O) groups excluding carboxylic acids is 2. The summed E-state index contributed by atoms with van der Waals surface area (Å²) in [6, 6.07) is 7.26. The largest absolute Gasteiger partial charge is 0.346 e. The van der Waals surface area contributed by atoms with E-state index in [1.54, 1.807) is 6.92 Å². The van der Waals surface area contributed by atoms with Crippen LogP contribution in [0.4, 0.5) is 0 Å². The Hall–Kier alpha value is -2.17. The van der Waals surface area contributed by atoms with Crippen LogP contribution in [0.1, 0.15) is 70.8 Å². The number of fused-ring (bicyclic) bond motifs is 1. The van der Waals surface area contributed by atoms with Crippen molar-refractivity contribution in [2.75, 3.05) is 0 Å². The lowest BCUT2D eigenvalue weighted by Gasteiger charge is -2.24. The molecule has 1 aromatic carbocycles. The maximum atomic E-state index is 12.6. The van der Waals surface area contributed by atoms with Gasteiger partial charge in [-0.2, -0.15) is 0 Å². The first-order chi connectivity index (χ1) is 12.0. The van der Waals surface area contributed by atoms with Crippen molar-refractivity contribution in [3.63, 3.8) is 0 Å². The highest BCUT2D eigenvalue weighted by molar-refractivity contribution is 5.84. The Bertz CT molecular complexity index is 774. The van der Waals surface area contributed by atoms with Gasteiger partial charge in [0.1, 0.15) is 5.82 Å². The summed E-state index contributed by atoms with van der Waals surface area (Å²) >= 11 is 0. The number of para-hydroxylation sites is 2. The van der Waals surface area contributed by atoms with Crippen LogP contribution in [-0.2, 0) is 9.59 Å². The summed E-state index contributed by atoms with van der Waals surface area (Å²) in [7, 11) is 0. The van der Waals surface area contributed by atoms with Crippen molar-refractivity contribution in [3.05, 3.63) is 30.1 Å². The molecule has 1 saturated carbocycles. The highest BCUT2D eigenvalue weighted by atomic mass is 16.2. The third kappa shape index (κ3) is 3.60. The zero-order valence-corrected chi connectivity index (χ0v) is 15.3. The Kier molecular flexibility index (Phi) is 5.21. The topological polar surface area (TPSA) is 64.0 Å². The second-order valence-corrected chi connectivity index (χ2v) is 7.18. The van der Waals surface area contributed by atoms with Crippen molar-refractivity contribution in [1.29, 1.82) is 0 Å². The molecule has 1 aromatic heterocycles. The van der Waals surface area contributed by atoms with Gasteiger partial charge in [-0.1, -0.05) is 31.4 Å². The van der Waals surface area contributed by atoms with Crippen LogP contribution in [0.3, 0.4) is 0 Å². The first-order valence-electron chi connectivity index (χ1n) is 9.26. The SMILES string of the molecule is CC(=O)C(C)n1c(C(C)NC(=O)C2CCCCC2)nc2ccccc21. The lowest BCUT2D eigenvalue weighted by molar-refractivity contribution is -0.126. The molecule has 0 spiro atoms. The number of rotatable bonds is 5. The van der Waals surface area contributed by atoms with E-state index in [1.165, 1.54) is 6.42 Å². The standard InChI is InChI=1S/C20H27N3O2/c1-13(21-20(25)16-9-5-4-6-10-16)19-22-17-11-7-8-12-18(17)23(19)14(2)15(3)24/h7-8,11-14,16H,4-6,9-10H2,1-3H3,(H,21,25).